The summed E-state index contributed by atoms with van der Waals surface area (Å²) in [4.78, 5) is 0.0258. The quantitative estimate of drug-likeness (QED) is 0.871. The van der Waals surface area contributed by atoms with Crippen LogP contribution in [0.1, 0.15) is 18.1 Å². The Balaban J connectivity index is 2.22. The molecule has 0 spiro atoms. The second-order valence-electron chi connectivity index (χ2n) is 4.52. The number of sulfonamides is 1. The van der Waals surface area contributed by atoms with Gasteiger partial charge >= 0.3 is 0 Å². The molecule has 0 atom stereocenters. The highest BCUT2D eigenvalue weighted by Crippen LogP contribution is 2.23. The van der Waals surface area contributed by atoms with Gasteiger partial charge < -0.3 is 0 Å². The van der Waals surface area contributed by atoms with Gasteiger partial charge in [0.15, 0.2) is 0 Å². The second-order valence-corrected chi connectivity index (χ2v) is 7.11. The third kappa shape index (κ3) is 3.90. The van der Waals surface area contributed by atoms with Crippen LogP contribution in [-0.2, 0) is 23.0 Å². The first-order valence-electron chi connectivity index (χ1n) is 6.45. The number of halogens is 2. The lowest BCUT2D eigenvalue weighted by atomic mass is 10.1. The van der Waals surface area contributed by atoms with E-state index in [4.69, 9.17) is 0 Å². The van der Waals surface area contributed by atoms with Gasteiger partial charge in [-0.1, -0.05) is 31.2 Å². The molecule has 2 aromatic carbocycles. The standard InChI is InChI=1S/C15H15BrFNO2S/c1-2-11-5-3-4-6-12(11)10-18-21(19,20)15-8-7-13(17)9-14(15)16/h3-9,18H,2,10H2,1H3. The largest absolute Gasteiger partial charge is 0.241 e. The van der Waals surface area contributed by atoms with Crippen molar-refractivity contribution >= 4 is 26.0 Å². The highest BCUT2D eigenvalue weighted by atomic mass is 79.9. The molecule has 0 aliphatic rings. The minimum atomic E-state index is -3.69. The maximum Gasteiger partial charge on any atom is 0.241 e. The van der Waals surface area contributed by atoms with Crippen molar-refractivity contribution in [3.8, 4) is 0 Å². The number of hydrogen-bond acceptors (Lipinski definition) is 2. The van der Waals surface area contributed by atoms with Crippen molar-refractivity contribution in [2.24, 2.45) is 0 Å². The van der Waals surface area contributed by atoms with Crippen molar-refractivity contribution in [3.05, 3.63) is 63.9 Å². The van der Waals surface area contributed by atoms with Crippen LogP contribution >= 0.6 is 15.9 Å². The summed E-state index contributed by atoms with van der Waals surface area (Å²) < 4.78 is 40.3. The molecule has 0 saturated carbocycles. The first kappa shape index (κ1) is 16.1. The van der Waals surface area contributed by atoms with E-state index in [9.17, 15) is 12.8 Å². The zero-order chi connectivity index (χ0) is 15.5. The fourth-order valence-electron chi connectivity index (χ4n) is 2.02. The molecule has 0 bridgehead atoms. The first-order valence-corrected chi connectivity index (χ1v) is 8.73. The van der Waals surface area contributed by atoms with Crippen molar-refractivity contribution in [1.29, 1.82) is 0 Å². The van der Waals surface area contributed by atoms with Crippen LogP contribution in [0.25, 0.3) is 0 Å². The van der Waals surface area contributed by atoms with Crippen molar-refractivity contribution in [2.45, 2.75) is 24.8 Å². The topological polar surface area (TPSA) is 46.2 Å². The highest BCUT2D eigenvalue weighted by molar-refractivity contribution is 9.10. The number of rotatable bonds is 5. The fourth-order valence-corrected chi connectivity index (χ4v) is 4.07. The minimum absolute atomic E-state index is 0.0258. The van der Waals surface area contributed by atoms with E-state index < -0.39 is 15.8 Å². The Kier molecular flexibility index (Phi) is 5.13. The van der Waals surface area contributed by atoms with E-state index in [0.717, 1.165) is 29.7 Å². The maximum absolute atomic E-state index is 13.0. The lowest BCUT2D eigenvalue weighted by Crippen LogP contribution is -2.24. The molecule has 21 heavy (non-hydrogen) atoms. The van der Waals surface area contributed by atoms with Crippen LogP contribution < -0.4 is 4.72 Å². The average Bonchev–Trinajstić information content (AvgIpc) is 2.45. The minimum Gasteiger partial charge on any atom is -0.207 e. The van der Waals surface area contributed by atoms with E-state index >= 15 is 0 Å². The van der Waals surface area contributed by atoms with Crippen LogP contribution in [-0.4, -0.2) is 8.42 Å². The summed E-state index contributed by atoms with van der Waals surface area (Å²) in [7, 11) is -3.69. The first-order chi connectivity index (χ1) is 9.94. The van der Waals surface area contributed by atoms with Gasteiger partial charge in [-0.15, -0.1) is 0 Å². The van der Waals surface area contributed by atoms with Crippen molar-refractivity contribution in [3.63, 3.8) is 0 Å². The molecule has 0 radical (unpaired) electrons. The molecule has 2 aromatic rings. The van der Waals surface area contributed by atoms with Gasteiger partial charge in [-0.25, -0.2) is 17.5 Å². The molecule has 0 heterocycles. The average molecular weight is 372 g/mol. The summed E-state index contributed by atoms with van der Waals surface area (Å²) in [5.74, 6) is -0.489. The summed E-state index contributed by atoms with van der Waals surface area (Å²) in [5.41, 5.74) is 2.03. The summed E-state index contributed by atoms with van der Waals surface area (Å²) in [6, 6.07) is 11.2. The Morgan fingerprint density at radius 3 is 2.43 bits per heavy atom. The lowest BCUT2D eigenvalue weighted by Gasteiger charge is -2.11. The zero-order valence-corrected chi connectivity index (χ0v) is 13.8. The molecule has 0 aromatic heterocycles. The lowest BCUT2D eigenvalue weighted by molar-refractivity contribution is 0.579. The van der Waals surface area contributed by atoms with Gasteiger partial charge in [-0.05, 0) is 51.7 Å². The highest BCUT2D eigenvalue weighted by Gasteiger charge is 2.18. The van der Waals surface area contributed by atoms with Crippen LogP contribution in [0.3, 0.4) is 0 Å². The monoisotopic (exact) mass is 371 g/mol. The van der Waals surface area contributed by atoms with E-state index in [-0.39, 0.29) is 15.9 Å². The summed E-state index contributed by atoms with van der Waals surface area (Å²) in [6.07, 6.45) is 0.831. The molecule has 2 rings (SSSR count). The molecule has 0 saturated heterocycles. The molecule has 0 amide bonds. The Bertz CT molecular complexity index is 747. The molecule has 3 nitrogen and oxygen atoms in total. The Hall–Kier alpha value is -1.24. The van der Waals surface area contributed by atoms with Gasteiger partial charge in [0.2, 0.25) is 10.0 Å². The van der Waals surface area contributed by atoms with Crippen LogP contribution in [0.4, 0.5) is 4.39 Å². The smallest absolute Gasteiger partial charge is 0.207 e. The number of nitrogens with one attached hydrogen (secondary N) is 1. The summed E-state index contributed by atoms with van der Waals surface area (Å²) in [6.45, 7) is 2.22. The fraction of sp³-hybridized carbons (Fsp3) is 0.200. The Labute approximate surface area is 132 Å². The van der Waals surface area contributed by atoms with Gasteiger partial charge in [0.1, 0.15) is 5.82 Å². The SMILES string of the molecule is CCc1ccccc1CNS(=O)(=O)c1ccc(F)cc1Br. The predicted octanol–water partition coefficient (Wildman–Crippen LogP) is 3.63. The Morgan fingerprint density at radius 1 is 1.14 bits per heavy atom. The zero-order valence-electron chi connectivity index (χ0n) is 11.4. The molecule has 0 fully saturated rings. The van der Waals surface area contributed by atoms with Crippen molar-refractivity contribution < 1.29 is 12.8 Å². The van der Waals surface area contributed by atoms with E-state index in [1.54, 1.807) is 0 Å². The van der Waals surface area contributed by atoms with E-state index in [0.29, 0.717) is 0 Å². The second kappa shape index (κ2) is 6.68. The van der Waals surface area contributed by atoms with Crippen LogP contribution in [0.2, 0.25) is 0 Å². The Morgan fingerprint density at radius 2 is 1.81 bits per heavy atom. The molecule has 0 aliphatic carbocycles. The molecular weight excluding hydrogens is 357 g/mol. The number of aryl methyl sites for hydroxylation is 1. The summed E-state index contributed by atoms with van der Waals surface area (Å²) in [5, 5.41) is 0. The molecule has 1 N–H and O–H groups in total. The van der Waals surface area contributed by atoms with Gasteiger partial charge in [0.05, 0.1) is 4.90 Å². The predicted molar refractivity (Wildman–Crippen MR) is 83.9 cm³/mol. The van der Waals surface area contributed by atoms with Gasteiger partial charge in [0.25, 0.3) is 0 Å². The van der Waals surface area contributed by atoms with Crippen LogP contribution in [0, 0.1) is 5.82 Å². The van der Waals surface area contributed by atoms with Gasteiger partial charge in [-0.3, -0.25) is 0 Å². The molecule has 6 heteroatoms. The van der Waals surface area contributed by atoms with Gasteiger partial charge in [-0.2, -0.15) is 0 Å². The van der Waals surface area contributed by atoms with E-state index in [2.05, 4.69) is 20.7 Å². The number of benzene rings is 2. The normalized spacial score (nSPS) is 11.6. The molecular formula is C15H15BrFNO2S. The van der Waals surface area contributed by atoms with Crippen LogP contribution in [0.5, 0.6) is 0 Å². The van der Waals surface area contributed by atoms with E-state index in [1.165, 1.54) is 6.07 Å². The summed E-state index contributed by atoms with van der Waals surface area (Å²) >= 11 is 3.08. The number of hydrogen-bond donors (Lipinski definition) is 1. The molecule has 112 valence electrons. The third-order valence-electron chi connectivity index (χ3n) is 3.14. The van der Waals surface area contributed by atoms with Crippen LogP contribution in [0.15, 0.2) is 51.8 Å². The maximum atomic E-state index is 13.0. The van der Waals surface area contributed by atoms with E-state index in [1.807, 2.05) is 31.2 Å². The van der Waals surface area contributed by atoms with Crippen molar-refractivity contribution in [2.75, 3.05) is 0 Å². The van der Waals surface area contributed by atoms with Gasteiger partial charge in [0, 0.05) is 11.0 Å². The third-order valence-corrected chi connectivity index (χ3v) is 5.51. The molecule has 0 unspecified atom stereocenters. The molecule has 0 aliphatic heterocycles. The van der Waals surface area contributed by atoms with Crippen molar-refractivity contribution in [1.82, 2.24) is 4.72 Å².